The van der Waals surface area contributed by atoms with Crippen LogP contribution >= 0.6 is 11.8 Å². The molecule has 0 unspecified atom stereocenters. The molecule has 0 fully saturated rings. The summed E-state index contributed by atoms with van der Waals surface area (Å²) >= 11 is 1.66. The molecule has 0 aliphatic carbocycles. The lowest BCUT2D eigenvalue weighted by atomic mass is 10.2. The molecule has 1 rings (SSSR count). The van der Waals surface area contributed by atoms with Crippen molar-refractivity contribution in [2.75, 3.05) is 5.75 Å². The van der Waals surface area contributed by atoms with Gasteiger partial charge in [0.25, 0.3) is 0 Å². The zero-order valence-electron chi connectivity index (χ0n) is 10.6. The third kappa shape index (κ3) is 6.37. The summed E-state index contributed by atoms with van der Waals surface area (Å²) < 4.78 is 0. The molecule has 0 heterocycles. The Balaban J connectivity index is 2.16. The van der Waals surface area contributed by atoms with Gasteiger partial charge in [-0.25, -0.2) is 0 Å². The van der Waals surface area contributed by atoms with E-state index in [0.29, 0.717) is 11.8 Å². The maximum absolute atomic E-state index is 11.6. The molecule has 0 radical (unpaired) electrons. The Kier molecular flexibility index (Phi) is 6.78. The normalized spacial score (nSPS) is 12.1. The van der Waals surface area contributed by atoms with Gasteiger partial charge in [-0.15, -0.1) is 11.8 Å². The van der Waals surface area contributed by atoms with Crippen LogP contribution in [0.4, 0.5) is 0 Å². The first-order valence-electron chi connectivity index (χ1n) is 6.13. The van der Waals surface area contributed by atoms with Crippen molar-refractivity contribution in [3.63, 3.8) is 0 Å². The van der Waals surface area contributed by atoms with Crippen LogP contribution in [0.3, 0.4) is 0 Å². The monoisotopic (exact) mass is 251 g/mol. The van der Waals surface area contributed by atoms with E-state index in [1.165, 1.54) is 5.56 Å². The first-order valence-corrected chi connectivity index (χ1v) is 7.29. The van der Waals surface area contributed by atoms with Crippen LogP contribution in [-0.2, 0) is 10.5 Å². The average molecular weight is 251 g/mol. The lowest BCUT2D eigenvalue weighted by Crippen LogP contribution is -2.33. The van der Waals surface area contributed by atoms with Crippen LogP contribution in [-0.4, -0.2) is 17.7 Å². The highest BCUT2D eigenvalue weighted by Gasteiger charge is 2.06. The van der Waals surface area contributed by atoms with Crippen LogP contribution in [0.25, 0.3) is 0 Å². The van der Waals surface area contributed by atoms with E-state index in [1.807, 2.05) is 18.2 Å². The number of amides is 1. The summed E-state index contributed by atoms with van der Waals surface area (Å²) in [6.07, 6.45) is 2.16. The first kappa shape index (κ1) is 14.1. The number of benzene rings is 1. The van der Waals surface area contributed by atoms with Gasteiger partial charge in [-0.3, -0.25) is 4.79 Å². The smallest absolute Gasteiger partial charge is 0.230 e. The molecule has 0 spiro atoms. The third-order valence-electron chi connectivity index (χ3n) is 2.47. The summed E-state index contributed by atoms with van der Waals surface area (Å²) in [7, 11) is 0. The summed E-state index contributed by atoms with van der Waals surface area (Å²) in [6.45, 7) is 4.19. The Morgan fingerprint density at radius 1 is 1.35 bits per heavy atom. The van der Waals surface area contributed by atoms with Gasteiger partial charge in [0.05, 0.1) is 5.75 Å². The van der Waals surface area contributed by atoms with Crippen molar-refractivity contribution in [1.29, 1.82) is 0 Å². The summed E-state index contributed by atoms with van der Waals surface area (Å²) in [5.41, 5.74) is 1.27. The van der Waals surface area contributed by atoms with E-state index in [2.05, 4.69) is 31.3 Å². The van der Waals surface area contributed by atoms with Gasteiger partial charge in [-0.1, -0.05) is 43.7 Å². The standard InChI is InChI=1S/C14H21NOS/c1-3-7-12(2)15-14(16)11-17-10-13-8-5-4-6-9-13/h4-6,8-9,12H,3,7,10-11H2,1-2H3,(H,15,16)/t12-/m0/s1. The van der Waals surface area contributed by atoms with Gasteiger partial charge in [0.15, 0.2) is 0 Å². The van der Waals surface area contributed by atoms with Gasteiger partial charge in [0.2, 0.25) is 5.91 Å². The third-order valence-corrected chi connectivity index (χ3v) is 3.48. The summed E-state index contributed by atoms with van der Waals surface area (Å²) in [5, 5.41) is 3.01. The number of thioether (sulfide) groups is 1. The van der Waals surface area contributed by atoms with Crippen molar-refractivity contribution in [2.24, 2.45) is 0 Å². The number of hydrogen-bond donors (Lipinski definition) is 1. The quantitative estimate of drug-likeness (QED) is 0.806. The maximum atomic E-state index is 11.6. The number of rotatable bonds is 7. The predicted octanol–water partition coefficient (Wildman–Crippen LogP) is 3.22. The van der Waals surface area contributed by atoms with Gasteiger partial charge in [0, 0.05) is 11.8 Å². The fraction of sp³-hybridized carbons (Fsp3) is 0.500. The van der Waals surface area contributed by atoms with Gasteiger partial charge < -0.3 is 5.32 Å². The molecule has 0 aromatic heterocycles. The number of nitrogens with one attached hydrogen (secondary N) is 1. The van der Waals surface area contributed by atoms with Crippen LogP contribution in [0.2, 0.25) is 0 Å². The van der Waals surface area contributed by atoms with E-state index < -0.39 is 0 Å². The van der Waals surface area contributed by atoms with Crippen molar-refractivity contribution in [3.05, 3.63) is 35.9 Å². The molecule has 3 heteroatoms. The Hall–Kier alpha value is -0.960. The molecule has 1 N–H and O–H groups in total. The molecular weight excluding hydrogens is 230 g/mol. The van der Waals surface area contributed by atoms with Gasteiger partial charge in [-0.05, 0) is 18.9 Å². The number of hydrogen-bond acceptors (Lipinski definition) is 2. The number of carbonyl (C=O) groups excluding carboxylic acids is 1. The second-order valence-electron chi connectivity index (χ2n) is 4.24. The zero-order valence-corrected chi connectivity index (χ0v) is 11.4. The topological polar surface area (TPSA) is 29.1 Å². The maximum Gasteiger partial charge on any atom is 0.230 e. The van der Waals surface area contributed by atoms with Crippen LogP contribution in [0.15, 0.2) is 30.3 Å². The SMILES string of the molecule is CCC[C@H](C)NC(=O)CSCc1ccccc1. The first-order chi connectivity index (χ1) is 8.22. The minimum Gasteiger partial charge on any atom is -0.353 e. The highest BCUT2D eigenvalue weighted by Crippen LogP contribution is 2.11. The van der Waals surface area contributed by atoms with E-state index in [1.54, 1.807) is 11.8 Å². The van der Waals surface area contributed by atoms with Gasteiger partial charge in [0.1, 0.15) is 0 Å². The van der Waals surface area contributed by atoms with E-state index >= 15 is 0 Å². The lowest BCUT2D eigenvalue weighted by molar-refractivity contribution is -0.119. The molecular formula is C14H21NOS. The number of carbonyl (C=O) groups is 1. The molecule has 1 amide bonds. The zero-order chi connectivity index (χ0) is 12.5. The highest BCUT2D eigenvalue weighted by atomic mass is 32.2. The molecule has 17 heavy (non-hydrogen) atoms. The molecule has 0 aliphatic heterocycles. The highest BCUT2D eigenvalue weighted by molar-refractivity contribution is 7.99. The van der Waals surface area contributed by atoms with Crippen molar-refractivity contribution < 1.29 is 4.79 Å². The second-order valence-corrected chi connectivity index (χ2v) is 5.22. The minimum absolute atomic E-state index is 0.145. The molecule has 2 nitrogen and oxygen atoms in total. The van der Waals surface area contributed by atoms with Crippen molar-refractivity contribution in [3.8, 4) is 0 Å². The Labute approximate surface area is 108 Å². The van der Waals surface area contributed by atoms with Crippen molar-refractivity contribution >= 4 is 17.7 Å². The molecule has 1 aromatic carbocycles. The van der Waals surface area contributed by atoms with Crippen LogP contribution in [0.5, 0.6) is 0 Å². The fourth-order valence-electron chi connectivity index (χ4n) is 1.66. The lowest BCUT2D eigenvalue weighted by Gasteiger charge is -2.12. The summed E-state index contributed by atoms with van der Waals surface area (Å²) in [4.78, 5) is 11.6. The molecule has 0 saturated carbocycles. The largest absolute Gasteiger partial charge is 0.353 e. The fourth-order valence-corrected chi connectivity index (χ4v) is 2.46. The Morgan fingerprint density at radius 2 is 2.06 bits per heavy atom. The van der Waals surface area contributed by atoms with Gasteiger partial charge in [-0.2, -0.15) is 0 Å². The summed E-state index contributed by atoms with van der Waals surface area (Å²) in [6, 6.07) is 10.5. The predicted molar refractivity (Wildman–Crippen MR) is 75.1 cm³/mol. The molecule has 0 aliphatic rings. The van der Waals surface area contributed by atoms with E-state index in [-0.39, 0.29) is 5.91 Å². The van der Waals surface area contributed by atoms with Crippen molar-refractivity contribution in [2.45, 2.75) is 38.5 Å². The van der Waals surface area contributed by atoms with E-state index in [9.17, 15) is 4.79 Å². The minimum atomic E-state index is 0.145. The van der Waals surface area contributed by atoms with Crippen LogP contribution < -0.4 is 5.32 Å². The molecule has 94 valence electrons. The van der Waals surface area contributed by atoms with Crippen LogP contribution in [0, 0.1) is 0 Å². The van der Waals surface area contributed by atoms with E-state index in [0.717, 1.165) is 18.6 Å². The van der Waals surface area contributed by atoms with Gasteiger partial charge >= 0.3 is 0 Å². The summed E-state index contributed by atoms with van der Waals surface area (Å²) in [5.74, 6) is 1.59. The second kappa shape index (κ2) is 8.18. The van der Waals surface area contributed by atoms with Crippen LogP contribution in [0.1, 0.15) is 32.3 Å². The molecule has 1 atom stereocenters. The molecule has 0 bridgehead atoms. The average Bonchev–Trinajstić information content (AvgIpc) is 2.30. The molecule has 0 saturated heterocycles. The van der Waals surface area contributed by atoms with E-state index in [4.69, 9.17) is 0 Å². The Bertz CT molecular complexity index is 326. The Morgan fingerprint density at radius 3 is 2.71 bits per heavy atom. The van der Waals surface area contributed by atoms with Crippen molar-refractivity contribution in [1.82, 2.24) is 5.32 Å². The molecule has 1 aromatic rings.